The first-order chi connectivity index (χ1) is 5.71. The zero-order valence-electron chi connectivity index (χ0n) is 6.29. The molecule has 1 aliphatic heterocycles. The summed E-state index contributed by atoms with van der Waals surface area (Å²) in [7, 11) is 0. The van der Waals surface area contributed by atoms with Crippen LogP contribution in [0, 0.1) is 0 Å². The number of rotatable bonds is 1. The van der Waals surface area contributed by atoms with E-state index in [9.17, 15) is 5.11 Å². The Morgan fingerprint density at radius 1 is 1.42 bits per heavy atom. The highest BCUT2D eigenvalue weighted by atomic mass is 79.9. The molecule has 5 heteroatoms. The van der Waals surface area contributed by atoms with Crippen LogP contribution in [-0.2, 0) is 5.60 Å². The third-order valence-corrected chi connectivity index (χ3v) is 2.28. The lowest BCUT2D eigenvalue weighted by Gasteiger charge is -2.35. The van der Waals surface area contributed by atoms with Gasteiger partial charge in [-0.3, -0.25) is 0 Å². The van der Waals surface area contributed by atoms with E-state index in [2.05, 4.69) is 31.2 Å². The summed E-state index contributed by atoms with van der Waals surface area (Å²) in [5, 5.41) is 12.7. The fourth-order valence-corrected chi connectivity index (χ4v) is 1.28. The Hall–Kier alpha value is -0.520. The van der Waals surface area contributed by atoms with Gasteiger partial charge in [0.15, 0.2) is 5.82 Å². The van der Waals surface area contributed by atoms with E-state index in [0.29, 0.717) is 18.9 Å². The lowest BCUT2D eigenvalue weighted by molar-refractivity contribution is -0.0228. The third-order valence-electron chi connectivity index (χ3n) is 1.87. The van der Waals surface area contributed by atoms with Gasteiger partial charge in [0, 0.05) is 25.5 Å². The van der Waals surface area contributed by atoms with E-state index >= 15 is 0 Å². The van der Waals surface area contributed by atoms with Gasteiger partial charge in [0.05, 0.1) is 4.47 Å². The number of nitrogens with one attached hydrogen (secondary N) is 1. The van der Waals surface area contributed by atoms with Crippen molar-refractivity contribution in [1.29, 1.82) is 0 Å². The molecule has 0 atom stereocenters. The summed E-state index contributed by atoms with van der Waals surface area (Å²) in [6.45, 7) is 1.07. The standard InChI is InChI=1S/C7H8BrN3O/c8-5-1-10-6(11-2-5)7(12)3-9-4-7/h1-2,9,12H,3-4H2. The molecule has 2 rings (SSSR count). The molecule has 12 heavy (non-hydrogen) atoms. The predicted molar refractivity (Wildman–Crippen MR) is 46.5 cm³/mol. The summed E-state index contributed by atoms with van der Waals surface area (Å²) >= 11 is 3.23. The molecule has 0 amide bonds. The van der Waals surface area contributed by atoms with Crippen LogP contribution in [0.5, 0.6) is 0 Å². The average molecular weight is 230 g/mol. The van der Waals surface area contributed by atoms with Crippen molar-refractivity contribution in [3.05, 3.63) is 22.7 Å². The minimum absolute atomic E-state index is 0.490. The number of β-amino-alcohol motifs (C(OH)–C–C–N with tert-alkyl or cyclic N) is 1. The van der Waals surface area contributed by atoms with Gasteiger partial charge in [-0.25, -0.2) is 9.97 Å². The maximum Gasteiger partial charge on any atom is 0.162 e. The molecule has 4 nitrogen and oxygen atoms in total. The summed E-state index contributed by atoms with van der Waals surface area (Å²) in [5.74, 6) is 0.490. The summed E-state index contributed by atoms with van der Waals surface area (Å²) in [6.07, 6.45) is 3.28. The number of aliphatic hydroxyl groups is 1. The molecule has 1 aromatic rings. The third kappa shape index (κ3) is 1.24. The van der Waals surface area contributed by atoms with Crippen molar-refractivity contribution >= 4 is 15.9 Å². The van der Waals surface area contributed by atoms with Gasteiger partial charge in [-0.2, -0.15) is 0 Å². The minimum Gasteiger partial charge on any atom is -0.379 e. The predicted octanol–water partition coefficient (Wildman–Crippen LogP) is 0.0299. The second-order valence-electron chi connectivity index (χ2n) is 2.86. The zero-order chi connectivity index (χ0) is 8.60. The summed E-state index contributed by atoms with van der Waals surface area (Å²) < 4.78 is 0.821. The van der Waals surface area contributed by atoms with Crippen molar-refractivity contribution in [2.45, 2.75) is 5.60 Å². The van der Waals surface area contributed by atoms with E-state index < -0.39 is 5.60 Å². The molecule has 0 spiro atoms. The molecule has 0 unspecified atom stereocenters. The molecule has 1 fully saturated rings. The monoisotopic (exact) mass is 229 g/mol. The Kier molecular flexibility index (Phi) is 1.86. The normalized spacial score (nSPS) is 20.2. The molecule has 0 saturated carbocycles. The molecule has 64 valence electrons. The molecule has 0 aromatic carbocycles. The van der Waals surface area contributed by atoms with Crippen molar-refractivity contribution in [2.24, 2.45) is 0 Å². The Bertz CT molecular complexity index is 283. The van der Waals surface area contributed by atoms with Crippen molar-refractivity contribution in [3.8, 4) is 0 Å². The topological polar surface area (TPSA) is 58.0 Å². The molecule has 1 aliphatic rings. The SMILES string of the molecule is OC1(c2ncc(Br)cn2)CNC1. The molecule has 1 saturated heterocycles. The van der Waals surface area contributed by atoms with Crippen LogP contribution in [0.25, 0.3) is 0 Å². The van der Waals surface area contributed by atoms with Crippen molar-refractivity contribution in [2.75, 3.05) is 13.1 Å². The molecular formula is C7H8BrN3O. The van der Waals surface area contributed by atoms with Crippen molar-refractivity contribution in [3.63, 3.8) is 0 Å². The number of aromatic nitrogens is 2. The molecule has 1 aromatic heterocycles. The first kappa shape index (κ1) is 8.10. The van der Waals surface area contributed by atoms with Crippen LogP contribution in [0.1, 0.15) is 5.82 Å². The van der Waals surface area contributed by atoms with Crippen molar-refractivity contribution in [1.82, 2.24) is 15.3 Å². The van der Waals surface area contributed by atoms with Gasteiger partial charge >= 0.3 is 0 Å². The second kappa shape index (κ2) is 2.76. The number of hydrogen-bond donors (Lipinski definition) is 2. The minimum atomic E-state index is -0.847. The van der Waals surface area contributed by atoms with Crippen LogP contribution in [0.4, 0.5) is 0 Å². The number of halogens is 1. The van der Waals surface area contributed by atoms with Crippen LogP contribution < -0.4 is 5.32 Å². The lowest BCUT2D eigenvalue weighted by atomic mass is 9.96. The Morgan fingerprint density at radius 2 is 2.00 bits per heavy atom. The highest BCUT2D eigenvalue weighted by Gasteiger charge is 2.38. The van der Waals surface area contributed by atoms with E-state index in [1.165, 1.54) is 0 Å². The summed E-state index contributed by atoms with van der Waals surface area (Å²) in [6, 6.07) is 0. The fourth-order valence-electron chi connectivity index (χ4n) is 1.07. The fraction of sp³-hybridized carbons (Fsp3) is 0.429. The number of hydrogen-bond acceptors (Lipinski definition) is 4. The van der Waals surface area contributed by atoms with Gasteiger partial charge < -0.3 is 10.4 Å². The van der Waals surface area contributed by atoms with Crippen LogP contribution >= 0.6 is 15.9 Å². The Morgan fingerprint density at radius 3 is 2.42 bits per heavy atom. The Labute approximate surface area is 78.2 Å². The van der Waals surface area contributed by atoms with Gasteiger partial charge in [0.2, 0.25) is 0 Å². The largest absolute Gasteiger partial charge is 0.379 e. The van der Waals surface area contributed by atoms with Crippen LogP contribution in [-0.4, -0.2) is 28.2 Å². The van der Waals surface area contributed by atoms with E-state index in [0.717, 1.165) is 4.47 Å². The zero-order valence-corrected chi connectivity index (χ0v) is 7.87. The first-order valence-electron chi connectivity index (χ1n) is 3.62. The first-order valence-corrected chi connectivity index (χ1v) is 4.41. The molecule has 2 N–H and O–H groups in total. The van der Waals surface area contributed by atoms with Gasteiger partial charge in [-0.1, -0.05) is 0 Å². The highest BCUT2D eigenvalue weighted by molar-refractivity contribution is 9.10. The van der Waals surface area contributed by atoms with Crippen LogP contribution in [0.3, 0.4) is 0 Å². The van der Waals surface area contributed by atoms with Gasteiger partial charge in [0.1, 0.15) is 5.60 Å². The smallest absolute Gasteiger partial charge is 0.162 e. The van der Waals surface area contributed by atoms with Gasteiger partial charge in [-0.15, -0.1) is 0 Å². The molecule has 2 heterocycles. The maximum absolute atomic E-state index is 9.77. The molecule has 0 radical (unpaired) electrons. The second-order valence-corrected chi connectivity index (χ2v) is 3.78. The molecule has 0 aliphatic carbocycles. The van der Waals surface area contributed by atoms with Crippen LogP contribution in [0.15, 0.2) is 16.9 Å². The number of nitrogens with zero attached hydrogens (tertiary/aromatic N) is 2. The Balaban J connectivity index is 2.28. The van der Waals surface area contributed by atoms with E-state index in [4.69, 9.17) is 0 Å². The average Bonchev–Trinajstić information content (AvgIpc) is 2.02. The molecule has 0 bridgehead atoms. The lowest BCUT2D eigenvalue weighted by Crippen LogP contribution is -2.57. The van der Waals surface area contributed by atoms with E-state index in [1.54, 1.807) is 12.4 Å². The molecular weight excluding hydrogens is 222 g/mol. The summed E-state index contributed by atoms with van der Waals surface area (Å²) in [4.78, 5) is 8.05. The summed E-state index contributed by atoms with van der Waals surface area (Å²) in [5.41, 5.74) is -0.847. The van der Waals surface area contributed by atoms with Gasteiger partial charge in [-0.05, 0) is 15.9 Å². The van der Waals surface area contributed by atoms with Crippen LogP contribution in [0.2, 0.25) is 0 Å². The van der Waals surface area contributed by atoms with E-state index in [1.807, 2.05) is 0 Å². The highest BCUT2D eigenvalue weighted by Crippen LogP contribution is 2.21. The van der Waals surface area contributed by atoms with Crippen molar-refractivity contribution < 1.29 is 5.11 Å². The van der Waals surface area contributed by atoms with E-state index in [-0.39, 0.29) is 0 Å². The van der Waals surface area contributed by atoms with Gasteiger partial charge in [0.25, 0.3) is 0 Å². The maximum atomic E-state index is 9.77. The quantitative estimate of drug-likeness (QED) is 0.714.